The number of aromatic nitrogens is 2. The number of rotatable bonds is 6. The Kier molecular flexibility index (Phi) is 5.55. The first kappa shape index (κ1) is 15.0. The van der Waals surface area contributed by atoms with Crippen LogP contribution in [0.4, 0.5) is 0 Å². The summed E-state index contributed by atoms with van der Waals surface area (Å²) in [6, 6.07) is 1.81. The molecule has 0 unspecified atom stereocenters. The Morgan fingerprint density at radius 3 is 3.10 bits per heavy atom. The fraction of sp³-hybridized carbons (Fsp3) is 0.714. The summed E-state index contributed by atoms with van der Waals surface area (Å²) in [4.78, 5) is 14.2. The number of morpholine rings is 1. The Labute approximate surface area is 120 Å². The zero-order chi connectivity index (χ0) is 14.4. The van der Waals surface area contributed by atoms with Gasteiger partial charge in [-0.25, -0.2) is 0 Å². The van der Waals surface area contributed by atoms with Gasteiger partial charge in [-0.05, 0) is 12.0 Å². The number of nitrogens with zero attached hydrogens (tertiary/aromatic N) is 3. The molecule has 0 radical (unpaired) electrons. The van der Waals surface area contributed by atoms with Crippen LogP contribution in [0.5, 0.6) is 0 Å². The van der Waals surface area contributed by atoms with Crippen molar-refractivity contribution in [3.63, 3.8) is 0 Å². The van der Waals surface area contributed by atoms with Crippen molar-refractivity contribution >= 4 is 5.91 Å². The molecule has 0 saturated carbocycles. The third kappa shape index (κ3) is 4.94. The number of ether oxygens (including phenoxy) is 1. The minimum atomic E-state index is -0.0294. The predicted octanol–water partition coefficient (Wildman–Crippen LogP) is 0.356. The number of nitrogens with one attached hydrogen (secondary N) is 1. The van der Waals surface area contributed by atoms with Gasteiger partial charge in [-0.2, -0.15) is 5.10 Å². The van der Waals surface area contributed by atoms with Gasteiger partial charge in [-0.1, -0.05) is 13.8 Å². The molecule has 112 valence electrons. The summed E-state index contributed by atoms with van der Waals surface area (Å²) in [5.41, 5.74) is 0. The molecule has 0 aromatic carbocycles. The predicted molar refractivity (Wildman–Crippen MR) is 76.3 cm³/mol. The minimum absolute atomic E-state index is 0.0294. The van der Waals surface area contributed by atoms with Crippen molar-refractivity contribution in [1.82, 2.24) is 20.0 Å². The third-order valence-corrected chi connectivity index (χ3v) is 3.24. The van der Waals surface area contributed by atoms with Crippen LogP contribution in [-0.4, -0.2) is 59.5 Å². The van der Waals surface area contributed by atoms with Gasteiger partial charge in [0.15, 0.2) is 0 Å². The van der Waals surface area contributed by atoms with E-state index in [2.05, 4.69) is 29.2 Å². The van der Waals surface area contributed by atoms with E-state index >= 15 is 0 Å². The van der Waals surface area contributed by atoms with Crippen LogP contribution >= 0.6 is 0 Å². The van der Waals surface area contributed by atoms with E-state index in [-0.39, 0.29) is 18.6 Å². The number of hydrogen-bond acceptors (Lipinski definition) is 4. The van der Waals surface area contributed by atoms with Gasteiger partial charge in [0, 0.05) is 38.6 Å². The van der Waals surface area contributed by atoms with Crippen LogP contribution in [0.15, 0.2) is 18.5 Å². The molecule has 6 nitrogen and oxygen atoms in total. The summed E-state index contributed by atoms with van der Waals surface area (Å²) in [5.74, 6) is 0.626. The standard InChI is InChI=1S/C14H24N4O2/c1-12(2)9-17-6-7-20-13(10-17)8-15-14(19)11-18-5-3-4-16-18/h3-5,12-13H,6-11H2,1-2H3,(H,15,19)/t13-/m1/s1. The monoisotopic (exact) mass is 280 g/mol. The number of amides is 1. The Hall–Kier alpha value is -1.40. The molecule has 1 aromatic heterocycles. The van der Waals surface area contributed by atoms with Gasteiger partial charge >= 0.3 is 0 Å². The molecule has 1 fully saturated rings. The van der Waals surface area contributed by atoms with Crippen LogP contribution in [0.2, 0.25) is 0 Å². The quantitative estimate of drug-likeness (QED) is 0.817. The van der Waals surface area contributed by atoms with Gasteiger partial charge in [-0.3, -0.25) is 14.4 Å². The lowest BCUT2D eigenvalue weighted by Gasteiger charge is -2.33. The van der Waals surface area contributed by atoms with Gasteiger partial charge in [0.1, 0.15) is 6.54 Å². The second kappa shape index (κ2) is 7.40. The molecule has 1 aliphatic rings. The molecule has 0 bridgehead atoms. The largest absolute Gasteiger partial charge is 0.374 e. The van der Waals surface area contributed by atoms with Gasteiger partial charge in [0.05, 0.1) is 12.7 Å². The first-order chi connectivity index (χ1) is 9.63. The van der Waals surface area contributed by atoms with E-state index in [9.17, 15) is 4.79 Å². The van der Waals surface area contributed by atoms with Gasteiger partial charge in [0.25, 0.3) is 0 Å². The van der Waals surface area contributed by atoms with Crippen molar-refractivity contribution in [2.24, 2.45) is 5.92 Å². The first-order valence-electron chi connectivity index (χ1n) is 7.21. The molecule has 0 aliphatic carbocycles. The van der Waals surface area contributed by atoms with Gasteiger partial charge < -0.3 is 10.1 Å². The number of carbonyl (C=O) groups excluding carboxylic acids is 1. The molecule has 1 amide bonds. The minimum Gasteiger partial charge on any atom is -0.374 e. The Balaban J connectivity index is 1.69. The van der Waals surface area contributed by atoms with Crippen LogP contribution < -0.4 is 5.32 Å². The molecular weight excluding hydrogens is 256 g/mol. The molecule has 1 saturated heterocycles. The molecule has 2 rings (SSSR count). The van der Waals surface area contributed by atoms with E-state index in [4.69, 9.17) is 4.74 Å². The summed E-state index contributed by atoms with van der Waals surface area (Å²) in [5, 5.41) is 6.93. The number of hydrogen-bond donors (Lipinski definition) is 1. The Morgan fingerprint density at radius 1 is 1.55 bits per heavy atom. The highest BCUT2D eigenvalue weighted by Gasteiger charge is 2.21. The fourth-order valence-corrected chi connectivity index (χ4v) is 2.41. The average molecular weight is 280 g/mol. The Bertz CT molecular complexity index is 405. The normalized spacial score (nSPS) is 20.2. The van der Waals surface area contributed by atoms with Crippen molar-refractivity contribution in [2.45, 2.75) is 26.5 Å². The SMILES string of the molecule is CC(C)CN1CCO[C@H](CNC(=O)Cn2cccn2)C1. The number of carbonyl (C=O) groups is 1. The van der Waals surface area contributed by atoms with E-state index < -0.39 is 0 Å². The highest BCUT2D eigenvalue weighted by atomic mass is 16.5. The zero-order valence-electron chi connectivity index (χ0n) is 12.3. The van der Waals surface area contributed by atoms with Crippen LogP contribution in [0.3, 0.4) is 0 Å². The maximum atomic E-state index is 11.8. The Morgan fingerprint density at radius 2 is 2.40 bits per heavy atom. The van der Waals surface area contributed by atoms with Crippen LogP contribution in [0.25, 0.3) is 0 Å². The van der Waals surface area contributed by atoms with E-state index in [1.807, 2.05) is 0 Å². The van der Waals surface area contributed by atoms with Gasteiger partial charge in [0.2, 0.25) is 5.91 Å². The molecule has 2 heterocycles. The summed E-state index contributed by atoms with van der Waals surface area (Å²) in [6.45, 7) is 8.96. The van der Waals surface area contributed by atoms with E-state index in [0.29, 0.717) is 12.5 Å². The molecular formula is C14H24N4O2. The zero-order valence-corrected chi connectivity index (χ0v) is 12.3. The molecule has 0 spiro atoms. The highest BCUT2D eigenvalue weighted by Crippen LogP contribution is 2.07. The third-order valence-electron chi connectivity index (χ3n) is 3.24. The molecule has 1 atom stereocenters. The van der Waals surface area contributed by atoms with Crippen molar-refractivity contribution in [3.8, 4) is 0 Å². The second-order valence-electron chi connectivity index (χ2n) is 5.65. The lowest BCUT2D eigenvalue weighted by Crippen LogP contribution is -2.48. The highest BCUT2D eigenvalue weighted by molar-refractivity contribution is 5.75. The topological polar surface area (TPSA) is 59.4 Å². The summed E-state index contributed by atoms with van der Waals surface area (Å²) >= 11 is 0. The van der Waals surface area contributed by atoms with E-state index in [1.165, 1.54) is 0 Å². The molecule has 20 heavy (non-hydrogen) atoms. The summed E-state index contributed by atoms with van der Waals surface area (Å²) < 4.78 is 7.31. The van der Waals surface area contributed by atoms with Crippen molar-refractivity contribution in [2.75, 3.05) is 32.8 Å². The van der Waals surface area contributed by atoms with Crippen molar-refractivity contribution < 1.29 is 9.53 Å². The van der Waals surface area contributed by atoms with E-state index in [0.717, 1.165) is 26.2 Å². The maximum Gasteiger partial charge on any atom is 0.241 e. The maximum absolute atomic E-state index is 11.8. The molecule has 1 aromatic rings. The van der Waals surface area contributed by atoms with Crippen LogP contribution in [0, 0.1) is 5.92 Å². The second-order valence-corrected chi connectivity index (χ2v) is 5.65. The van der Waals surface area contributed by atoms with Crippen molar-refractivity contribution in [3.05, 3.63) is 18.5 Å². The molecule has 1 aliphatic heterocycles. The summed E-state index contributed by atoms with van der Waals surface area (Å²) in [7, 11) is 0. The fourth-order valence-electron chi connectivity index (χ4n) is 2.41. The van der Waals surface area contributed by atoms with Crippen LogP contribution in [0.1, 0.15) is 13.8 Å². The van der Waals surface area contributed by atoms with Crippen molar-refractivity contribution in [1.29, 1.82) is 0 Å². The smallest absolute Gasteiger partial charge is 0.241 e. The molecule has 6 heteroatoms. The van der Waals surface area contributed by atoms with Crippen LogP contribution in [-0.2, 0) is 16.1 Å². The first-order valence-corrected chi connectivity index (χ1v) is 7.21. The lowest BCUT2D eigenvalue weighted by atomic mass is 10.2. The summed E-state index contributed by atoms with van der Waals surface area (Å²) in [6.07, 6.45) is 3.53. The average Bonchev–Trinajstić information content (AvgIpc) is 2.89. The van der Waals surface area contributed by atoms with Gasteiger partial charge in [-0.15, -0.1) is 0 Å². The lowest BCUT2D eigenvalue weighted by molar-refractivity contribution is -0.123. The van der Waals surface area contributed by atoms with E-state index in [1.54, 1.807) is 23.1 Å². The molecule has 1 N–H and O–H groups in total.